The number of methoxy groups -OCH3 is 2. The third-order valence-corrected chi connectivity index (χ3v) is 6.54. The van der Waals surface area contributed by atoms with E-state index in [1.165, 1.54) is 11.3 Å². The molecule has 1 saturated heterocycles. The van der Waals surface area contributed by atoms with Gasteiger partial charge in [0.1, 0.15) is 15.6 Å². The number of carbonyl (C=O) groups is 1. The first-order valence-electron chi connectivity index (χ1n) is 10.2. The average molecular weight is 460 g/mol. The molecule has 1 N–H and O–H groups in total. The Balaban J connectivity index is 1.57. The van der Waals surface area contributed by atoms with Crippen molar-refractivity contribution in [2.45, 2.75) is 19.8 Å². The highest BCUT2D eigenvalue weighted by atomic mass is 32.1. The van der Waals surface area contributed by atoms with Crippen molar-refractivity contribution < 1.29 is 23.0 Å². The highest BCUT2D eigenvalue weighted by molar-refractivity contribution is 7.17. The van der Waals surface area contributed by atoms with Crippen LogP contribution in [0.25, 0.3) is 10.6 Å². The highest BCUT2D eigenvalue weighted by Gasteiger charge is 2.23. The molecule has 0 atom stereocenters. The molecule has 4 rings (SSSR count). The van der Waals surface area contributed by atoms with Gasteiger partial charge in [-0.05, 0) is 50.1 Å². The van der Waals surface area contributed by atoms with Crippen molar-refractivity contribution in [3.8, 4) is 22.1 Å². The number of ether oxygens (including phenoxy) is 2. The summed E-state index contributed by atoms with van der Waals surface area (Å²) in [4.78, 5) is 19.4. The van der Waals surface area contributed by atoms with Crippen LogP contribution in [0.3, 0.4) is 0 Å². The minimum atomic E-state index is -0.686. The van der Waals surface area contributed by atoms with Crippen molar-refractivity contribution in [2.75, 3.05) is 37.5 Å². The number of aryl methyl sites for hydroxylation is 1. The van der Waals surface area contributed by atoms with Crippen molar-refractivity contribution in [1.29, 1.82) is 0 Å². The maximum atomic E-state index is 14.6. The monoisotopic (exact) mass is 459 g/mol. The summed E-state index contributed by atoms with van der Waals surface area (Å²) in [6.07, 6.45) is 1.81. The predicted octanol–water partition coefficient (Wildman–Crippen LogP) is 5.27. The van der Waals surface area contributed by atoms with E-state index in [0.29, 0.717) is 40.2 Å². The van der Waals surface area contributed by atoms with Crippen molar-refractivity contribution in [1.82, 2.24) is 4.98 Å². The first-order valence-corrected chi connectivity index (χ1v) is 11.0. The first kappa shape index (κ1) is 22.0. The minimum absolute atomic E-state index is 0.0368. The van der Waals surface area contributed by atoms with Gasteiger partial charge in [0.2, 0.25) is 0 Å². The molecule has 6 nitrogen and oxygen atoms in total. The number of thiazole rings is 1. The van der Waals surface area contributed by atoms with Gasteiger partial charge in [0.15, 0.2) is 23.1 Å². The maximum absolute atomic E-state index is 14.6. The van der Waals surface area contributed by atoms with Gasteiger partial charge in [-0.25, -0.2) is 13.8 Å². The van der Waals surface area contributed by atoms with Crippen molar-refractivity contribution in [3.63, 3.8) is 0 Å². The molecule has 168 valence electrons. The van der Waals surface area contributed by atoms with Crippen molar-refractivity contribution >= 4 is 28.6 Å². The number of anilines is 2. The van der Waals surface area contributed by atoms with Crippen molar-refractivity contribution in [2.24, 2.45) is 0 Å². The second-order valence-electron chi connectivity index (χ2n) is 7.44. The number of nitrogens with one attached hydrogen (secondary N) is 1. The zero-order valence-electron chi connectivity index (χ0n) is 18.0. The van der Waals surface area contributed by atoms with Gasteiger partial charge in [-0.15, -0.1) is 11.3 Å². The van der Waals surface area contributed by atoms with E-state index in [0.717, 1.165) is 30.5 Å². The van der Waals surface area contributed by atoms with Gasteiger partial charge < -0.3 is 19.7 Å². The SMILES string of the molecule is COc1ccc(-c2nc(C)c(C(=O)Nc3cc(F)c(N4CCCC4)c(F)c3)s2)cc1OC. The number of benzene rings is 2. The summed E-state index contributed by atoms with van der Waals surface area (Å²) in [5.41, 5.74) is 1.31. The number of halogens is 2. The molecule has 0 saturated carbocycles. The lowest BCUT2D eigenvalue weighted by Gasteiger charge is -2.19. The smallest absolute Gasteiger partial charge is 0.267 e. The lowest BCUT2D eigenvalue weighted by Crippen LogP contribution is -2.21. The normalized spacial score (nSPS) is 13.3. The molecule has 0 aliphatic carbocycles. The van der Waals surface area contributed by atoms with E-state index >= 15 is 0 Å². The molecule has 1 aliphatic rings. The summed E-state index contributed by atoms with van der Waals surface area (Å²) in [6, 6.07) is 7.67. The Hall–Kier alpha value is -3.20. The number of amides is 1. The van der Waals surface area contributed by atoms with Crippen LogP contribution in [0.4, 0.5) is 20.2 Å². The molecule has 0 unspecified atom stereocenters. The average Bonchev–Trinajstić information content (AvgIpc) is 3.42. The van der Waals surface area contributed by atoms with E-state index < -0.39 is 17.5 Å². The molecule has 1 aliphatic heterocycles. The topological polar surface area (TPSA) is 63.7 Å². The predicted molar refractivity (Wildman–Crippen MR) is 121 cm³/mol. The Morgan fingerprint density at radius 3 is 2.34 bits per heavy atom. The highest BCUT2D eigenvalue weighted by Crippen LogP contribution is 2.35. The number of rotatable bonds is 6. The fraction of sp³-hybridized carbons (Fsp3) is 0.304. The summed E-state index contributed by atoms with van der Waals surface area (Å²) in [5.74, 6) is -0.709. The minimum Gasteiger partial charge on any atom is -0.493 e. The van der Waals surface area contributed by atoms with E-state index in [1.54, 1.807) is 38.2 Å². The Kier molecular flexibility index (Phi) is 6.27. The first-order chi connectivity index (χ1) is 15.4. The quantitative estimate of drug-likeness (QED) is 0.544. The van der Waals surface area contributed by atoms with Gasteiger partial charge in [0.05, 0.1) is 19.9 Å². The third kappa shape index (κ3) is 4.25. The van der Waals surface area contributed by atoms with Gasteiger partial charge in [-0.1, -0.05) is 0 Å². The third-order valence-electron chi connectivity index (χ3n) is 5.33. The number of carbonyl (C=O) groups excluding carboxylic acids is 1. The fourth-order valence-electron chi connectivity index (χ4n) is 3.77. The number of hydrogen-bond acceptors (Lipinski definition) is 6. The zero-order chi connectivity index (χ0) is 22.8. The molecule has 32 heavy (non-hydrogen) atoms. The van der Waals surface area contributed by atoms with E-state index in [1.807, 2.05) is 6.07 Å². The second kappa shape index (κ2) is 9.12. The molecule has 3 aromatic rings. The van der Waals surface area contributed by atoms with Gasteiger partial charge in [-0.3, -0.25) is 4.79 Å². The lowest BCUT2D eigenvalue weighted by molar-refractivity contribution is 0.103. The maximum Gasteiger partial charge on any atom is 0.267 e. The van der Waals surface area contributed by atoms with Crippen LogP contribution in [-0.4, -0.2) is 38.2 Å². The Morgan fingerprint density at radius 1 is 1.06 bits per heavy atom. The molecule has 0 radical (unpaired) electrons. The summed E-state index contributed by atoms with van der Waals surface area (Å²) in [7, 11) is 3.09. The molecular weight excluding hydrogens is 436 g/mol. The Morgan fingerprint density at radius 2 is 1.72 bits per heavy atom. The standard InChI is InChI=1S/C23H23F2N3O3S/c1-13-21(32-23(26-13)14-6-7-18(30-2)19(10-14)31-3)22(29)27-15-11-16(24)20(17(25)12-15)28-8-4-5-9-28/h6-7,10-12H,4-5,8-9H2,1-3H3,(H,27,29). The van der Waals surface area contributed by atoms with Gasteiger partial charge >= 0.3 is 0 Å². The molecule has 1 aromatic heterocycles. The molecule has 1 fully saturated rings. The summed E-state index contributed by atoms with van der Waals surface area (Å²) >= 11 is 1.19. The van der Waals surface area contributed by atoms with E-state index in [-0.39, 0.29) is 11.4 Å². The number of nitrogens with zero attached hydrogens (tertiary/aromatic N) is 2. The molecule has 0 spiro atoms. The second-order valence-corrected chi connectivity index (χ2v) is 8.44. The summed E-state index contributed by atoms with van der Waals surface area (Å²) in [5, 5.41) is 3.21. The van der Waals surface area contributed by atoms with Gasteiger partial charge in [0.25, 0.3) is 5.91 Å². The summed E-state index contributed by atoms with van der Waals surface area (Å²) < 4.78 is 39.8. The van der Waals surface area contributed by atoms with Crippen LogP contribution in [-0.2, 0) is 0 Å². The molecule has 2 aromatic carbocycles. The van der Waals surface area contributed by atoms with Gasteiger partial charge in [-0.2, -0.15) is 0 Å². The number of hydrogen-bond donors (Lipinski definition) is 1. The molecule has 0 bridgehead atoms. The lowest BCUT2D eigenvalue weighted by atomic mass is 10.2. The van der Waals surface area contributed by atoms with E-state index in [9.17, 15) is 13.6 Å². The molecule has 2 heterocycles. The number of aromatic nitrogens is 1. The van der Waals surface area contributed by atoms with Gasteiger partial charge in [0, 0.05) is 24.3 Å². The fourth-order valence-corrected chi connectivity index (χ4v) is 4.73. The van der Waals surface area contributed by atoms with Crippen LogP contribution in [0.5, 0.6) is 11.5 Å². The molecule has 9 heteroatoms. The van der Waals surface area contributed by atoms with Crippen LogP contribution in [0, 0.1) is 18.6 Å². The van der Waals surface area contributed by atoms with Crippen LogP contribution in [0.15, 0.2) is 30.3 Å². The molecular formula is C23H23F2N3O3S. The van der Waals surface area contributed by atoms with Crippen LogP contribution in [0.1, 0.15) is 28.2 Å². The molecule has 1 amide bonds. The van der Waals surface area contributed by atoms with Crippen LogP contribution < -0.4 is 19.7 Å². The largest absolute Gasteiger partial charge is 0.493 e. The van der Waals surface area contributed by atoms with E-state index in [2.05, 4.69) is 10.3 Å². The Bertz CT molecular complexity index is 1140. The van der Waals surface area contributed by atoms with Crippen molar-refractivity contribution in [3.05, 3.63) is 52.5 Å². The van der Waals surface area contributed by atoms with Crippen LogP contribution >= 0.6 is 11.3 Å². The van der Waals surface area contributed by atoms with Crippen LogP contribution in [0.2, 0.25) is 0 Å². The summed E-state index contributed by atoms with van der Waals surface area (Å²) in [6.45, 7) is 2.96. The Labute approximate surface area is 188 Å². The van der Waals surface area contributed by atoms with E-state index in [4.69, 9.17) is 9.47 Å². The zero-order valence-corrected chi connectivity index (χ0v) is 18.8.